The molecule has 0 unspecified atom stereocenters. The van der Waals surface area contributed by atoms with E-state index in [1.165, 1.54) is 11.1 Å². The molecular formula is C32H33BBr2K2N2O5. The van der Waals surface area contributed by atoms with Crippen LogP contribution in [0.15, 0.2) is 136 Å². The average molecular weight is 774 g/mol. The summed E-state index contributed by atoms with van der Waals surface area (Å²) in [7, 11) is -1.34. The van der Waals surface area contributed by atoms with Gasteiger partial charge in [-0.1, -0.05) is 120 Å². The first-order chi connectivity index (χ1) is 19.8. The van der Waals surface area contributed by atoms with E-state index >= 15 is 0 Å². The fourth-order valence-corrected chi connectivity index (χ4v) is 4.41. The number of nitrogen functional groups attached to an aromatic ring is 2. The van der Waals surface area contributed by atoms with Crippen molar-refractivity contribution in [1.82, 2.24) is 0 Å². The van der Waals surface area contributed by atoms with E-state index in [0.29, 0.717) is 5.46 Å². The molecule has 6 N–H and O–H groups in total. The zero-order valence-electron chi connectivity index (χ0n) is 24.8. The summed E-state index contributed by atoms with van der Waals surface area (Å²) >= 11 is 6.60. The molecule has 0 aliphatic carbocycles. The van der Waals surface area contributed by atoms with Gasteiger partial charge in [0.15, 0.2) is 0 Å². The van der Waals surface area contributed by atoms with Crippen LogP contribution in [0.3, 0.4) is 0 Å². The van der Waals surface area contributed by atoms with Crippen LogP contribution < -0.4 is 125 Å². The van der Waals surface area contributed by atoms with Crippen LogP contribution in [0.1, 0.15) is 8.85 Å². The SMILES string of the molecule is C.Nc1ccc(-c2ccccc2)cc1-c1ccccc1.Nc1ccc(Br)cc1Br.O=CO[O-].OB(O)c1ccccc1.[H-].[K+].[K+]. The van der Waals surface area contributed by atoms with Gasteiger partial charge in [0.05, 0.1) is 0 Å². The largest absolute Gasteiger partial charge is 1.00 e. The summed E-state index contributed by atoms with van der Waals surface area (Å²) in [5, 5.41) is 25.6. The molecule has 0 saturated heterocycles. The second-order valence-electron chi connectivity index (χ2n) is 8.18. The second kappa shape index (κ2) is 26.4. The summed E-state index contributed by atoms with van der Waals surface area (Å²) in [4.78, 5) is 11.2. The molecule has 0 heterocycles. The maximum absolute atomic E-state index is 8.64. The molecule has 0 bridgehead atoms. The van der Waals surface area contributed by atoms with Crippen LogP contribution in [0.4, 0.5) is 11.4 Å². The first-order valence-electron chi connectivity index (χ1n) is 12.1. The van der Waals surface area contributed by atoms with Gasteiger partial charge in [0, 0.05) is 25.9 Å². The van der Waals surface area contributed by atoms with Gasteiger partial charge < -0.3 is 33.1 Å². The van der Waals surface area contributed by atoms with Gasteiger partial charge in [0.25, 0.3) is 6.47 Å². The fraction of sp³-hybridized carbons (Fsp3) is 0.0312. The van der Waals surface area contributed by atoms with Crippen molar-refractivity contribution in [3.8, 4) is 22.3 Å². The Bertz CT molecular complexity index is 1480. The van der Waals surface area contributed by atoms with Gasteiger partial charge in [-0.15, -0.1) is 0 Å². The molecule has 0 fully saturated rings. The number of nitrogens with two attached hydrogens (primary N) is 2. The molecule has 0 radical (unpaired) electrons. The van der Waals surface area contributed by atoms with Crippen molar-refractivity contribution >= 4 is 62.3 Å². The Hall–Kier alpha value is -0.652. The zero-order chi connectivity index (χ0) is 30.0. The van der Waals surface area contributed by atoms with E-state index in [9.17, 15) is 0 Å². The molecule has 0 aliphatic rings. The summed E-state index contributed by atoms with van der Waals surface area (Å²) in [5.41, 5.74) is 18.4. The van der Waals surface area contributed by atoms with E-state index < -0.39 is 7.12 Å². The van der Waals surface area contributed by atoms with Crippen LogP contribution in [0.2, 0.25) is 0 Å². The molecule has 44 heavy (non-hydrogen) atoms. The maximum Gasteiger partial charge on any atom is 1.00 e. The number of benzene rings is 5. The molecule has 7 nitrogen and oxygen atoms in total. The van der Waals surface area contributed by atoms with Gasteiger partial charge in [-0.3, -0.25) is 4.79 Å². The van der Waals surface area contributed by atoms with Gasteiger partial charge in [-0.25, -0.2) is 0 Å². The smallest absolute Gasteiger partial charge is 1.00 e. The predicted molar refractivity (Wildman–Crippen MR) is 179 cm³/mol. The molecule has 0 saturated carbocycles. The van der Waals surface area contributed by atoms with Gasteiger partial charge in [-0.2, -0.15) is 0 Å². The predicted octanol–water partition coefficient (Wildman–Crippen LogP) is -0.0457. The number of hydrogen-bond acceptors (Lipinski definition) is 7. The topological polar surface area (TPSA) is 142 Å². The van der Waals surface area contributed by atoms with Gasteiger partial charge in [0.2, 0.25) is 0 Å². The Morgan fingerprint density at radius 3 is 1.55 bits per heavy atom. The molecule has 12 heteroatoms. The molecule has 0 aromatic heterocycles. The summed E-state index contributed by atoms with van der Waals surface area (Å²) < 4.78 is 1.96. The van der Waals surface area contributed by atoms with E-state index in [1.54, 1.807) is 24.3 Å². The van der Waals surface area contributed by atoms with Gasteiger partial charge >= 0.3 is 110 Å². The summed E-state index contributed by atoms with van der Waals surface area (Å²) in [6.45, 7) is -0.181. The standard InChI is InChI=1S/C18H15N.C6H7BO2.C6H5Br2N.CH2O3.CH4.2K.H/c19-18-12-11-16(14-7-3-1-4-8-14)13-17(18)15-9-5-2-6-10-15;8-7(9)6-4-2-1-3-5-6;7-4-1-2-6(9)5(8)3-4;2-1-4-3;;;;/h1-13H,19H2;1-5,8-9H;1-3H,9H2;1,3H;1H4;;;/q;;;;;2*+1;-1/p-1. The zero-order valence-corrected chi connectivity index (χ0v) is 33.2. The first kappa shape index (κ1) is 45.5. The number of rotatable bonds is 4. The van der Waals surface area contributed by atoms with Crippen molar-refractivity contribution in [2.75, 3.05) is 11.5 Å². The van der Waals surface area contributed by atoms with Crippen molar-refractivity contribution in [3.63, 3.8) is 0 Å². The van der Waals surface area contributed by atoms with Crippen LogP contribution in [0.5, 0.6) is 0 Å². The summed E-state index contributed by atoms with van der Waals surface area (Å²) in [5.74, 6) is 0. The minimum absolute atomic E-state index is 0. The summed E-state index contributed by atoms with van der Waals surface area (Å²) in [6.07, 6.45) is 0. The Morgan fingerprint density at radius 2 is 1.14 bits per heavy atom. The van der Waals surface area contributed by atoms with Crippen LogP contribution >= 0.6 is 31.9 Å². The van der Waals surface area contributed by atoms with Crippen molar-refractivity contribution in [3.05, 3.63) is 136 Å². The van der Waals surface area contributed by atoms with E-state index in [0.717, 1.165) is 31.4 Å². The third kappa shape index (κ3) is 17.3. The molecule has 0 amide bonds. The molecule has 5 aromatic rings. The van der Waals surface area contributed by atoms with Crippen molar-refractivity contribution < 1.29 is 129 Å². The number of halogens is 2. The average Bonchev–Trinajstić information content (AvgIpc) is 3.01. The van der Waals surface area contributed by atoms with Crippen molar-refractivity contribution in [1.29, 1.82) is 0 Å². The number of carbonyl (C=O) groups is 1. The molecule has 0 atom stereocenters. The maximum atomic E-state index is 8.64. The third-order valence-electron chi connectivity index (χ3n) is 5.34. The van der Waals surface area contributed by atoms with E-state index in [4.69, 9.17) is 31.6 Å². The molecule has 0 aliphatic heterocycles. The first-order valence-corrected chi connectivity index (χ1v) is 13.7. The van der Waals surface area contributed by atoms with Gasteiger partial charge in [-0.05, 0) is 68.4 Å². The Balaban J connectivity index is -0.000000580. The normalized spacial score (nSPS) is 8.75. The summed E-state index contributed by atoms with van der Waals surface area (Å²) in [6, 6.07) is 41.1. The second-order valence-corrected chi connectivity index (χ2v) is 9.95. The van der Waals surface area contributed by atoms with Crippen molar-refractivity contribution in [2.24, 2.45) is 0 Å². The minimum atomic E-state index is -1.34. The Labute approximate surface area is 363 Å². The molecule has 220 valence electrons. The van der Waals surface area contributed by atoms with Gasteiger partial charge in [0.1, 0.15) is 0 Å². The van der Waals surface area contributed by atoms with Crippen LogP contribution in [0, 0.1) is 0 Å². The van der Waals surface area contributed by atoms with Crippen LogP contribution in [-0.4, -0.2) is 23.6 Å². The Kier molecular flexibility index (Phi) is 27.3. The minimum Gasteiger partial charge on any atom is -1.00 e. The number of anilines is 2. The van der Waals surface area contributed by atoms with E-state index in [2.05, 4.69) is 73.1 Å². The van der Waals surface area contributed by atoms with Crippen LogP contribution in [0.25, 0.3) is 22.3 Å². The van der Waals surface area contributed by atoms with Crippen LogP contribution in [-0.2, 0) is 9.68 Å². The van der Waals surface area contributed by atoms with Crippen molar-refractivity contribution in [2.45, 2.75) is 7.43 Å². The molecule has 0 spiro atoms. The quantitative estimate of drug-likeness (QED) is 0.0661. The molecule has 5 aromatic carbocycles. The number of carbonyl (C=O) groups excluding carboxylic acids is 1. The molecule has 5 rings (SSSR count). The Morgan fingerprint density at radius 1 is 0.682 bits per heavy atom. The van der Waals surface area contributed by atoms with E-state index in [1.807, 2.05) is 66.7 Å². The van der Waals surface area contributed by atoms with E-state index in [-0.39, 0.29) is 118 Å². The monoisotopic (exact) mass is 772 g/mol. The molecular weight excluding hydrogens is 741 g/mol. The third-order valence-corrected chi connectivity index (χ3v) is 6.52. The number of hydrogen-bond donors (Lipinski definition) is 4. The fourth-order valence-electron chi connectivity index (χ4n) is 3.36.